The van der Waals surface area contributed by atoms with E-state index in [-0.39, 0.29) is 17.4 Å². The van der Waals surface area contributed by atoms with E-state index in [9.17, 15) is 0 Å². The fourth-order valence-electron chi connectivity index (χ4n) is 11.1. The lowest BCUT2D eigenvalue weighted by molar-refractivity contribution is 0.00517. The molecule has 4 nitrogen and oxygen atoms in total. The number of hydrogen-bond acceptors (Lipinski definition) is 4. The highest BCUT2D eigenvalue weighted by atomic mass is 16.5. The lowest BCUT2D eigenvalue weighted by atomic mass is 9.60. The van der Waals surface area contributed by atoms with Crippen LogP contribution in [0, 0.1) is 11.3 Å². The Bertz CT molecular complexity index is 3210. The Balaban J connectivity index is 0.944. The van der Waals surface area contributed by atoms with Gasteiger partial charge in [-0.05, 0) is 106 Å². The summed E-state index contributed by atoms with van der Waals surface area (Å²) in [5, 5.41) is 0. The summed E-state index contributed by atoms with van der Waals surface area (Å²) < 4.78 is 7.30. The molecule has 4 heteroatoms. The van der Waals surface area contributed by atoms with Gasteiger partial charge in [-0.3, -0.25) is 4.99 Å². The summed E-state index contributed by atoms with van der Waals surface area (Å²) in [6.07, 6.45) is 8.36. The second-order valence-corrected chi connectivity index (χ2v) is 18.7. The molecule has 1 saturated heterocycles. The molecule has 7 aromatic carbocycles. The fourth-order valence-corrected chi connectivity index (χ4v) is 11.1. The number of nitrogens with zero attached hydrogens (tertiary/aromatic N) is 3. The summed E-state index contributed by atoms with van der Waals surface area (Å²) in [6.45, 7) is 7.03. The van der Waals surface area contributed by atoms with E-state index < -0.39 is 5.60 Å². The number of hydrogen-bond donors (Lipinski definition) is 0. The molecular formula is C62H49N3O. The van der Waals surface area contributed by atoms with Gasteiger partial charge >= 0.3 is 0 Å². The average Bonchev–Trinajstić information content (AvgIpc) is 3.63. The summed E-state index contributed by atoms with van der Waals surface area (Å²) in [6, 6.07) is 67.0. The van der Waals surface area contributed by atoms with Crippen LogP contribution < -0.4 is 0 Å². The van der Waals surface area contributed by atoms with Crippen molar-refractivity contribution in [1.82, 2.24) is 9.97 Å². The minimum Gasteiger partial charge on any atom is -0.360 e. The van der Waals surface area contributed by atoms with Crippen LogP contribution in [-0.2, 0) is 11.2 Å². The SMILES string of the molecule is CC1Cc2ccccc2C2=C1N=C(c1cccc(-c3cccc(-c4cc(-c5ccc(-c6ccccc6)cc5)nc(-c5ccc(-c6ccccc6)cc5)n4)c3)c1)C1OC3(C)CC=CC=C3C21C. The van der Waals surface area contributed by atoms with Gasteiger partial charge in [0.05, 0.1) is 28.1 Å². The number of aromatic nitrogens is 2. The van der Waals surface area contributed by atoms with E-state index in [0.717, 1.165) is 68.9 Å². The van der Waals surface area contributed by atoms with Crippen LogP contribution in [0.1, 0.15) is 43.9 Å². The lowest BCUT2D eigenvalue weighted by Crippen LogP contribution is -2.42. The number of fused-ring (bicyclic) bond motifs is 6. The molecule has 0 radical (unpaired) electrons. The maximum absolute atomic E-state index is 7.30. The van der Waals surface area contributed by atoms with Gasteiger partial charge in [0.2, 0.25) is 0 Å². The molecule has 0 bridgehead atoms. The first-order valence-electron chi connectivity index (χ1n) is 23.2. The molecular weight excluding hydrogens is 803 g/mol. The highest BCUT2D eigenvalue weighted by Gasteiger charge is 2.61. The normalized spacial score (nSPS) is 21.6. The van der Waals surface area contributed by atoms with E-state index in [1.807, 2.05) is 6.07 Å². The Morgan fingerprint density at radius 2 is 1.05 bits per heavy atom. The van der Waals surface area contributed by atoms with Gasteiger partial charge in [-0.15, -0.1) is 0 Å². The molecule has 66 heavy (non-hydrogen) atoms. The molecule has 4 atom stereocenters. The second kappa shape index (κ2) is 15.9. The third kappa shape index (κ3) is 6.75. The molecule has 318 valence electrons. The minimum absolute atomic E-state index is 0.242. The van der Waals surface area contributed by atoms with Gasteiger partial charge < -0.3 is 4.74 Å². The highest BCUT2D eigenvalue weighted by Crippen LogP contribution is 2.63. The topological polar surface area (TPSA) is 47.4 Å². The molecule has 0 amide bonds. The molecule has 4 aliphatic rings. The highest BCUT2D eigenvalue weighted by molar-refractivity contribution is 6.10. The van der Waals surface area contributed by atoms with Gasteiger partial charge in [-0.2, -0.15) is 0 Å². The first kappa shape index (κ1) is 40.0. The van der Waals surface area contributed by atoms with E-state index >= 15 is 0 Å². The molecule has 4 unspecified atom stereocenters. The van der Waals surface area contributed by atoms with Crippen molar-refractivity contribution in [3.63, 3.8) is 0 Å². The number of benzene rings is 7. The maximum Gasteiger partial charge on any atom is 0.160 e. The molecule has 1 aromatic heterocycles. The van der Waals surface area contributed by atoms with Crippen molar-refractivity contribution in [2.75, 3.05) is 0 Å². The summed E-state index contributed by atoms with van der Waals surface area (Å²) in [7, 11) is 0. The predicted molar refractivity (Wildman–Crippen MR) is 271 cm³/mol. The predicted octanol–water partition coefficient (Wildman–Crippen LogP) is 14.9. The number of allylic oxidation sites excluding steroid dienone is 3. The Hall–Kier alpha value is -7.53. The van der Waals surface area contributed by atoms with Crippen LogP contribution in [0.5, 0.6) is 0 Å². The molecule has 2 aliphatic heterocycles. The van der Waals surface area contributed by atoms with E-state index in [0.29, 0.717) is 5.82 Å². The zero-order valence-corrected chi connectivity index (χ0v) is 37.4. The largest absolute Gasteiger partial charge is 0.360 e. The van der Waals surface area contributed by atoms with Crippen LogP contribution >= 0.6 is 0 Å². The summed E-state index contributed by atoms with van der Waals surface area (Å²) in [4.78, 5) is 16.1. The Labute approximate surface area is 387 Å². The lowest BCUT2D eigenvalue weighted by Gasteiger charge is -2.43. The zero-order chi connectivity index (χ0) is 44.4. The molecule has 0 saturated carbocycles. The first-order valence-corrected chi connectivity index (χ1v) is 23.2. The molecule has 3 heterocycles. The van der Waals surface area contributed by atoms with Crippen molar-refractivity contribution < 1.29 is 4.74 Å². The molecule has 2 aliphatic carbocycles. The van der Waals surface area contributed by atoms with E-state index in [2.05, 4.69) is 221 Å². The van der Waals surface area contributed by atoms with Crippen LogP contribution in [0.3, 0.4) is 0 Å². The van der Waals surface area contributed by atoms with Gasteiger partial charge in [0, 0.05) is 28.3 Å². The van der Waals surface area contributed by atoms with Gasteiger partial charge in [0.1, 0.15) is 6.10 Å². The van der Waals surface area contributed by atoms with Crippen molar-refractivity contribution in [3.05, 3.63) is 234 Å². The Morgan fingerprint density at radius 1 is 0.515 bits per heavy atom. The van der Waals surface area contributed by atoms with Gasteiger partial charge in [-0.1, -0.05) is 195 Å². The van der Waals surface area contributed by atoms with Crippen LogP contribution in [0.2, 0.25) is 0 Å². The standard InChI is InChI=1S/C62H49N3O/c1-40-36-49-20-10-11-25-52(49)56-57(40)65-58(59-62(56,3)55-26-12-13-35-61(55,2)66-59)51-24-15-22-48(38-51)47-21-14-23-50(37-47)54-39-53(45-31-27-43(28-32-45)41-16-6-4-7-17-41)63-60(64-54)46-33-29-44(30-34-46)42-18-8-5-9-19-42/h4-34,37-40,59H,35-36H2,1-3H3. The van der Waals surface area contributed by atoms with Crippen molar-refractivity contribution in [2.45, 2.75) is 45.3 Å². The summed E-state index contributed by atoms with van der Waals surface area (Å²) >= 11 is 0. The maximum atomic E-state index is 7.30. The fraction of sp³-hybridized carbons (Fsp3) is 0.145. The van der Waals surface area contributed by atoms with Crippen molar-refractivity contribution >= 4 is 11.3 Å². The number of aliphatic imine (C=N–C) groups is 1. The van der Waals surface area contributed by atoms with Gasteiger partial charge in [0.15, 0.2) is 5.82 Å². The molecule has 12 rings (SSSR count). The third-order valence-electron chi connectivity index (χ3n) is 14.4. The second-order valence-electron chi connectivity index (χ2n) is 18.7. The number of rotatable bonds is 7. The zero-order valence-electron chi connectivity index (χ0n) is 37.4. The summed E-state index contributed by atoms with van der Waals surface area (Å²) in [5.41, 5.74) is 19.6. The van der Waals surface area contributed by atoms with E-state index in [1.165, 1.54) is 44.7 Å². The van der Waals surface area contributed by atoms with Crippen molar-refractivity contribution in [3.8, 4) is 67.3 Å². The minimum atomic E-state index is -0.415. The summed E-state index contributed by atoms with van der Waals surface area (Å²) in [5.74, 6) is 0.963. The third-order valence-corrected chi connectivity index (χ3v) is 14.4. The molecule has 0 spiro atoms. The average molecular weight is 852 g/mol. The monoisotopic (exact) mass is 851 g/mol. The van der Waals surface area contributed by atoms with Crippen molar-refractivity contribution in [2.24, 2.45) is 16.3 Å². The van der Waals surface area contributed by atoms with Gasteiger partial charge in [0.25, 0.3) is 0 Å². The smallest absolute Gasteiger partial charge is 0.160 e. The molecule has 1 fully saturated rings. The van der Waals surface area contributed by atoms with Crippen LogP contribution in [0.4, 0.5) is 0 Å². The van der Waals surface area contributed by atoms with E-state index in [1.54, 1.807) is 0 Å². The molecule has 0 N–H and O–H groups in total. The van der Waals surface area contributed by atoms with Crippen molar-refractivity contribution in [1.29, 1.82) is 0 Å². The first-order chi connectivity index (χ1) is 32.3. The van der Waals surface area contributed by atoms with E-state index in [4.69, 9.17) is 19.7 Å². The Morgan fingerprint density at radius 3 is 1.73 bits per heavy atom. The van der Waals surface area contributed by atoms with Crippen LogP contribution in [0.15, 0.2) is 223 Å². The molecule has 8 aromatic rings. The number of ether oxygens (including phenoxy) is 1. The van der Waals surface area contributed by atoms with Crippen LogP contribution in [0.25, 0.3) is 72.9 Å². The van der Waals surface area contributed by atoms with Gasteiger partial charge in [-0.25, -0.2) is 9.97 Å². The quantitative estimate of drug-likeness (QED) is 0.160. The Kier molecular flexibility index (Phi) is 9.62. The van der Waals surface area contributed by atoms with Crippen LogP contribution in [-0.4, -0.2) is 27.4 Å².